The maximum absolute atomic E-state index is 11.3. The molecule has 0 heterocycles. The summed E-state index contributed by atoms with van der Waals surface area (Å²) in [4.78, 5) is 11.3. The molecule has 0 unspecified atom stereocenters. The van der Waals surface area contributed by atoms with Crippen molar-refractivity contribution < 1.29 is 4.79 Å². The molecule has 1 aromatic carbocycles. The zero-order valence-electron chi connectivity index (χ0n) is 6.23. The molecular weight excluding hydrogens is 378 g/mol. The Kier molecular flexibility index (Phi) is 2.42. The van der Waals surface area contributed by atoms with E-state index < -0.39 is 0 Å². The van der Waals surface area contributed by atoms with Gasteiger partial charge < -0.3 is 0 Å². The molecule has 0 amide bonds. The molecule has 12 heavy (non-hydrogen) atoms. The Bertz CT molecular complexity index is 358. The number of rotatable bonds is 0. The first kappa shape index (κ1) is 8.93. The highest BCUT2D eigenvalue weighted by molar-refractivity contribution is 14.1. The highest BCUT2D eigenvalue weighted by Crippen LogP contribution is 2.29. The highest BCUT2D eigenvalue weighted by atomic mass is 127. The summed E-state index contributed by atoms with van der Waals surface area (Å²) in [6.45, 7) is 0. The summed E-state index contributed by atoms with van der Waals surface area (Å²) in [7, 11) is 0. The van der Waals surface area contributed by atoms with Crippen LogP contribution in [0.15, 0.2) is 12.1 Å². The van der Waals surface area contributed by atoms with Crippen molar-refractivity contribution in [1.29, 1.82) is 0 Å². The van der Waals surface area contributed by atoms with Crippen LogP contribution in [0.5, 0.6) is 0 Å². The second kappa shape index (κ2) is 3.25. The number of ketones is 1. The van der Waals surface area contributed by atoms with Gasteiger partial charge in [-0.05, 0) is 63.2 Å². The fourth-order valence-electron chi connectivity index (χ4n) is 1.47. The first-order chi connectivity index (χ1) is 5.70. The van der Waals surface area contributed by atoms with E-state index in [0.29, 0.717) is 12.2 Å². The van der Waals surface area contributed by atoms with E-state index in [-0.39, 0.29) is 0 Å². The third-order valence-electron chi connectivity index (χ3n) is 2.10. The molecule has 1 aliphatic rings. The van der Waals surface area contributed by atoms with Gasteiger partial charge in [-0.25, -0.2) is 0 Å². The van der Waals surface area contributed by atoms with Crippen molar-refractivity contribution in [1.82, 2.24) is 0 Å². The SMILES string of the molecule is O=C1CCc2c1ccc(I)c2I. The van der Waals surface area contributed by atoms with Gasteiger partial charge in [-0.15, -0.1) is 0 Å². The Morgan fingerprint density at radius 1 is 1.17 bits per heavy atom. The van der Waals surface area contributed by atoms with Crippen molar-refractivity contribution in [3.63, 3.8) is 0 Å². The second-order valence-electron chi connectivity index (χ2n) is 2.81. The first-order valence-electron chi connectivity index (χ1n) is 3.70. The molecule has 1 nitrogen and oxygen atoms in total. The predicted molar refractivity (Wildman–Crippen MR) is 64.5 cm³/mol. The molecule has 1 aromatic rings. The molecular formula is C9H6I2O. The van der Waals surface area contributed by atoms with Crippen molar-refractivity contribution >= 4 is 51.0 Å². The molecule has 0 aromatic heterocycles. The number of benzene rings is 1. The maximum Gasteiger partial charge on any atom is 0.163 e. The molecule has 2 rings (SSSR count). The van der Waals surface area contributed by atoms with Crippen LogP contribution in [0.25, 0.3) is 0 Å². The lowest BCUT2D eigenvalue weighted by atomic mass is 10.1. The summed E-state index contributed by atoms with van der Waals surface area (Å²) in [5.41, 5.74) is 2.20. The number of fused-ring (bicyclic) bond motifs is 1. The van der Waals surface area contributed by atoms with Gasteiger partial charge >= 0.3 is 0 Å². The van der Waals surface area contributed by atoms with Crippen LogP contribution in [0.4, 0.5) is 0 Å². The summed E-state index contributed by atoms with van der Waals surface area (Å²) in [6, 6.07) is 3.97. The van der Waals surface area contributed by atoms with Crippen molar-refractivity contribution in [2.24, 2.45) is 0 Å². The van der Waals surface area contributed by atoms with Crippen LogP contribution in [0.2, 0.25) is 0 Å². The largest absolute Gasteiger partial charge is 0.294 e. The van der Waals surface area contributed by atoms with E-state index in [9.17, 15) is 4.79 Å². The van der Waals surface area contributed by atoms with Crippen LogP contribution < -0.4 is 0 Å². The molecule has 0 atom stereocenters. The maximum atomic E-state index is 11.3. The van der Waals surface area contributed by atoms with Gasteiger partial charge in [0.1, 0.15) is 0 Å². The van der Waals surface area contributed by atoms with Gasteiger partial charge in [0, 0.05) is 19.1 Å². The number of hydrogen-bond acceptors (Lipinski definition) is 1. The lowest BCUT2D eigenvalue weighted by Crippen LogP contribution is -1.93. The zero-order valence-corrected chi connectivity index (χ0v) is 10.5. The second-order valence-corrected chi connectivity index (χ2v) is 5.05. The van der Waals surface area contributed by atoms with Gasteiger partial charge in [0.25, 0.3) is 0 Å². The molecule has 0 aliphatic heterocycles. The van der Waals surface area contributed by atoms with E-state index in [1.165, 1.54) is 12.7 Å². The van der Waals surface area contributed by atoms with Gasteiger partial charge in [0.15, 0.2) is 5.78 Å². The third kappa shape index (κ3) is 1.30. The topological polar surface area (TPSA) is 17.1 Å². The van der Waals surface area contributed by atoms with E-state index in [0.717, 1.165) is 12.0 Å². The fourth-order valence-corrected chi connectivity index (χ4v) is 2.72. The first-order valence-corrected chi connectivity index (χ1v) is 5.86. The molecule has 62 valence electrons. The number of carbonyl (C=O) groups excluding carboxylic acids is 1. The van der Waals surface area contributed by atoms with Crippen molar-refractivity contribution in [3.8, 4) is 0 Å². The Labute approximate surface area is 98.2 Å². The average Bonchev–Trinajstić information content (AvgIpc) is 2.41. The van der Waals surface area contributed by atoms with Gasteiger partial charge in [0.05, 0.1) is 0 Å². The van der Waals surface area contributed by atoms with E-state index in [4.69, 9.17) is 0 Å². The minimum Gasteiger partial charge on any atom is -0.294 e. The molecule has 0 N–H and O–H groups in total. The predicted octanol–water partition coefficient (Wildman–Crippen LogP) is 3.02. The van der Waals surface area contributed by atoms with Crippen LogP contribution in [0.3, 0.4) is 0 Å². The zero-order chi connectivity index (χ0) is 8.72. The summed E-state index contributed by atoms with van der Waals surface area (Å²) < 4.78 is 2.51. The average molecular weight is 384 g/mol. The molecule has 1 aliphatic carbocycles. The Morgan fingerprint density at radius 2 is 1.92 bits per heavy atom. The van der Waals surface area contributed by atoms with Gasteiger partial charge in [-0.2, -0.15) is 0 Å². The van der Waals surface area contributed by atoms with E-state index >= 15 is 0 Å². The van der Waals surface area contributed by atoms with Crippen LogP contribution in [0.1, 0.15) is 22.3 Å². The minimum atomic E-state index is 0.305. The summed E-state index contributed by atoms with van der Waals surface area (Å²) in [5, 5.41) is 0. The molecule has 3 heteroatoms. The van der Waals surface area contributed by atoms with Crippen LogP contribution in [0, 0.1) is 7.14 Å². The number of carbonyl (C=O) groups is 1. The van der Waals surface area contributed by atoms with Crippen molar-refractivity contribution in [2.75, 3.05) is 0 Å². The van der Waals surface area contributed by atoms with Crippen LogP contribution in [-0.4, -0.2) is 5.78 Å². The van der Waals surface area contributed by atoms with Crippen molar-refractivity contribution in [3.05, 3.63) is 30.4 Å². The molecule has 0 saturated carbocycles. The highest BCUT2D eigenvalue weighted by Gasteiger charge is 2.22. The standard InChI is InChI=1S/C9H6I2O/c10-7-3-1-5-6(9(7)11)2-4-8(5)12/h1,3H,2,4H2. The van der Waals surface area contributed by atoms with E-state index in [2.05, 4.69) is 45.2 Å². The third-order valence-corrected chi connectivity index (χ3v) is 5.26. The summed E-state index contributed by atoms with van der Waals surface area (Å²) in [6.07, 6.45) is 1.63. The molecule has 0 radical (unpaired) electrons. The smallest absolute Gasteiger partial charge is 0.163 e. The molecule has 0 bridgehead atoms. The van der Waals surface area contributed by atoms with Crippen LogP contribution >= 0.6 is 45.2 Å². The Balaban J connectivity index is 2.68. The van der Waals surface area contributed by atoms with Gasteiger partial charge in [-0.3, -0.25) is 4.79 Å². The van der Waals surface area contributed by atoms with E-state index in [1.807, 2.05) is 12.1 Å². The Morgan fingerprint density at radius 3 is 2.67 bits per heavy atom. The quantitative estimate of drug-likeness (QED) is 0.629. The molecule has 0 fully saturated rings. The molecule has 0 saturated heterocycles. The summed E-state index contributed by atoms with van der Waals surface area (Å²) >= 11 is 4.63. The molecule has 0 spiro atoms. The number of Topliss-reactive ketones (excluding diaryl/α,β-unsaturated/α-hetero) is 1. The Hall–Kier alpha value is 0.350. The number of hydrogen-bond donors (Lipinski definition) is 0. The fraction of sp³-hybridized carbons (Fsp3) is 0.222. The van der Waals surface area contributed by atoms with Gasteiger partial charge in [-0.1, -0.05) is 6.07 Å². The lowest BCUT2D eigenvalue weighted by Gasteiger charge is -2.02. The normalized spacial score (nSPS) is 15.0. The van der Waals surface area contributed by atoms with Crippen LogP contribution in [-0.2, 0) is 6.42 Å². The lowest BCUT2D eigenvalue weighted by molar-refractivity contribution is 0.0994. The summed E-state index contributed by atoms with van der Waals surface area (Å²) in [5.74, 6) is 0.305. The monoisotopic (exact) mass is 384 g/mol. The van der Waals surface area contributed by atoms with E-state index in [1.54, 1.807) is 0 Å². The minimum absolute atomic E-state index is 0.305. The number of halogens is 2. The van der Waals surface area contributed by atoms with Gasteiger partial charge in [0.2, 0.25) is 0 Å². The van der Waals surface area contributed by atoms with Crippen molar-refractivity contribution in [2.45, 2.75) is 12.8 Å².